The van der Waals surface area contributed by atoms with E-state index >= 15 is 0 Å². The van der Waals surface area contributed by atoms with E-state index in [4.69, 9.17) is 4.52 Å². The number of anilines is 1. The van der Waals surface area contributed by atoms with Crippen LogP contribution in [0.5, 0.6) is 0 Å². The Balaban J connectivity index is 2.03. The number of rotatable bonds is 6. The van der Waals surface area contributed by atoms with Crippen molar-refractivity contribution in [2.24, 2.45) is 0 Å². The number of hydrogen-bond acceptors (Lipinski definition) is 5. The molecule has 1 unspecified atom stereocenters. The lowest BCUT2D eigenvalue weighted by atomic mass is 9.99. The Morgan fingerprint density at radius 2 is 1.86 bits per heavy atom. The fraction of sp³-hybridized carbons (Fsp3) is 0.438. The van der Waals surface area contributed by atoms with Gasteiger partial charge in [-0.05, 0) is 38.1 Å². The highest BCUT2D eigenvalue weighted by Gasteiger charge is 2.16. The Morgan fingerprint density at radius 1 is 1.23 bits per heavy atom. The van der Waals surface area contributed by atoms with Crippen molar-refractivity contribution in [2.45, 2.75) is 38.5 Å². The second-order valence-electron chi connectivity index (χ2n) is 5.45. The summed E-state index contributed by atoms with van der Waals surface area (Å²) >= 11 is 0. The standard InChI is InChI=1S/C16H22N2O3S/c1-5-22(19,20)15-8-6-14(7-9-15)17-10-11(2)16-12(3)18-21-13(16)4/h6-9,11,17H,5,10H2,1-4H3. The quantitative estimate of drug-likeness (QED) is 0.883. The molecule has 22 heavy (non-hydrogen) atoms. The van der Waals surface area contributed by atoms with Gasteiger partial charge in [-0.3, -0.25) is 0 Å². The average molecular weight is 322 g/mol. The van der Waals surface area contributed by atoms with E-state index in [-0.39, 0.29) is 11.7 Å². The fourth-order valence-corrected chi connectivity index (χ4v) is 3.40. The summed E-state index contributed by atoms with van der Waals surface area (Å²) in [7, 11) is -3.14. The molecule has 1 atom stereocenters. The molecule has 1 aromatic carbocycles. The maximum atomic E-state index is 11.8. The lowest BCUT2D eigenvalue weighted by Gasteiger charge is -2.14. The summed E-state index contributed by atoms with van der Waals surface area (Å²) in [4.78, 5) is 0.360. The summed E-state index contributed by atoms with van der Waals surface area (Å²) in [5.41, 5.74) is 2.93. The molecular weight excluding hydrogens is 300 g/mol. The maximum Gasteiger partial charge on any atom is 0.178 e. The van der Waals surface area contributed by atoms with Gasteiger partial charge in [0.25, 0.3) is 0 Å². The van der Waals surface area contributed by atoms with Crippen molar-refractivity contribution in [1.82, 2.24) is 5.16 Å². The molecule has 2 rings (SSSR count). The van der Waals surface area contributed by atoms with Gasteiger partial charge in [0.05, 0.1) is 16.3 Å². The number of aromatic nitrogens is 1. The first kappa shape index (κ1) is 16.5. The van der Waals surface area contributed by atoms with Gasteiger partial charge in [-0.2, -0.15) is 0 Å². The zero-order valence-corrected chi connectivity index (χ0v) is 14.2. The second-order valence-corrected chi connectivity index (χ2v) is 7.73. The Hall–Kier alpha value is -1.82. The number of nitrogens with one attached hydrogen (secondary N) is 1. The summed E-state index contributed by atoms with van der Waals surface area (Å²) in [6, 6.07) is 6.87. The van der Waals surface area contributed by atoms with E-state index in [1.54, 1.807) is 31.2 Å². The number of nitrogens with zero attached hydrogens (tertiary/aromatic N) is 1. The van der Waals surface area contributed by atoms with E-state index in [2.05, 4.69) is 17.4 Å². The van der Waals surface area contributed by atoms with Crippen LogP contribution in [0.2, 0.25) is 0 Å². The molecule has 120 valence electrons. The lowest BCUT2D eigenvalue weighted by molar-refractivity contribution is 0.391. The molecule has 1 heterocycles. The van der Waals surface area contributed by atoms with Gasteiger partial charge in [-0.25, -0.2) is 8.42 Å². The first-order valence-corrected chi connectivity index (χ1v) is 9.00. The van der Waals surface area contributed by atoms with Crippen molar-refractivity contribution in [3.63, 3.8) is 0 Å². The van der Waals surface area contributed by atoms with Crippen LogP contribution in [0.1, 0.15) is 36.8 Å². The van der Waals surface area contributed by atoms with Crippen LogP contribution in [0.3, 0.4) is 0 Å². The molecule has 0 saturated heterocycles. The van der Waals surface area contributed by atoms with Crippen LogP contribution in [0, 0.1) is 13.8 Å². The minimum Gasteiger partial charge on any atom is -0.384 e. The zero-order chi connectivity index (χ0) is 16.3. The normalized spacial score (nSPS) is 13.1. The summed E-state index contributed by atoms with van der Waals surface area (Å²) in [6.45, 7) is 8.33. The fourth-order valence-electron chi connectivity index (χ4n) is 2.51. The monoisotopic (exact) mass is 322 g/mol. The Kier molecular flexibility index (Phi) is 4.90. The summed E-state index contributed by atoms with van der Waals surface area (Å²) < 4.78 is 28.7. The highest BCUT2D eigenvalue weighted by molar-refractivity contribution is 7.91. The van der Waals surface area contributed by atoms with E-state index in [1.807, 2.05) is 13.8 Å². The van der Waals surface area contributed by atoms with Gasteiger partial charge in [0.15, 0.2) is 9.84 Å². The molecule has 1 aromatic heterocycles. The molecule has 1 N–H and O–H groups in total. The van der Waals surface area contributed by atoms with Crippen LogP contribution in [0.15, 0.2) is 33.7 Å². The molecule has 0 aliphatic rings. The minimum atomic E-state index is -3.14. The van der Waals surface area contributed by atoms with Crippen LogP contribution >= 0.6 is 0 Å². The van der Waals surface area contributed by atoms with Crippen molar-refractivity contribution in [3.8, 4) is 0 Å². The zero-order valence-electron chi connectivity index (χ0n) is 13.4. The van der Waals surface area contributed by atoms with Gasteiger partial charge >= 0.3 is 0 Å². The molecule has 6 heteroatoms. The molecule has 2 aromatic rings. The minimum absolute atomic E-state index is 0.114. The summed E-state index contributed by atoms with van der Waals surface area (Å²) in [6.07, 6.45) is 0. The Bertz CT molecular complexity index is 714. The van der Waals surface area contributed by atoms with E-state index in [0.717, 1.165) is 29.2 Å². The van der Waals surface area contributed by atoms with Crippen molar-refractivity contribution >= 4 is 15.5 Å². The van der Waals surface area contributed by atoms with Crippen LogP contribution in [-0.2, 0) is 9.84 Å². The topological polar surface area (TPSA) is 72.2 Å². The van der Waals surface area contributed by atoms with Crippen LogP contribution < -0.4 is 5.32 Å². The van der Waals surface area contributed by atoms with Crippen LogP contribution in [0.25, 0.3) is 0 Å². The average Bonchev–Trinajstić information content (AvgIpc) is 2.84. The molecule has 0 amide bonds. The van der Waals surface area contributed by atoms with Crippen molar-refractivity contribution in [2.75, 3.05) is 17.6 Å². The molecule has 0 aliphatic carbocycles. The van der Waals surface area contributed by atoms with Gasteiger partial charge in [-0.1, -0.05) is 19.0 Å². The first-order chi connectivity index (χ1) is 10.3. The SMILES string of the molecule is CCS(=O)(=O)c1ccc(NCC(C)c2c(C)noc2C)cc1. The number of aryl methyl sites for hydroxylation is 2. The predicted molar refractivity (Wildman–Crippen MR) is 87.1 cm³/mol. The van der Waals surface area contributed by atoms with E-state index < -0.39 is 9.84 Å². The summed E-state index contributed by atoms with van der Waals surface area (Å²) in [5.74, 6) is 1.21. The van der Waals surface area contributed by atoms with Gasteiger partial charge < -0.3 is 9.84 Å². The van der Waals surface area contributed by atoms with E-state index in [9.17, 15) is 8.42 Å². The second kappa shape index (κ2) is 6.52. The van der Waals surface area contributed by atoms with Crippen molar-refractivity contribution in [3.05, 3.63) is 41.3 Å². The van der Waals surface area contributed by atoms with Gasteiger partial charge in [0, 0.05) is 23.7 Å². The lowest BCUT2D eigenvalue weighted by Crippen LogP contribution is -2.11. The smallest absolute Gasteiger partial charge is 0.178 e. The Morgan fingerprint density at radius 3 is 2.36 bits per heavy atom. The first-order valence-electron chi connectivity index (χ1n) is 7.34. The van der Waals surface area contributed by atoms with Gasteiger partial charge in [0.1, 0.15) is 5.76 Å². The molecule has 0 saturated carbocycles. The largest absolute Gasteiger partial charge is 0.384 e. The predicted octanol–water partition coefficient (Wildman–Crippen LogP) is 3.30. The third kappa shape index (κ3) is 3.50. The van der Waals surface area contributed by atoms with Crippen molar-refractivity contribution < 1.29 is 12.9 Å². The molecule has 5 nitrogen and oxygen atoms in total. The summed E-state index contributed by atoms with van der Waals surface area (Å²) in [5, 5.41) is 7.29. The highest BCUT2D eigenvalue weighted by atomic mass is 32.2. The molecule has 0 aliphatic heterocycles. The van der Waals surface area contributed by atoms with Crippen LogP contribution in [-0.4, -0.2) is 25.9 Å². The Labute approximate surface area is 131 Å². The number of benzene rings is 1. The molecule has 0 bridgehead atoms. The molecule has 0 radical (unpaired) electrons. The highest BCUT2D eigenvalue weighted by Crippen LogP contribution is 2.24. The number of hydrogen-bond donors (Lipinski definition) is 1. The molecule has 0 spiro atoms. The van der Waals surface area contributed by atoms with E-state index in [1.165, 1.54) is 0 Å². The van der Waals surface area contributed by atoms with Gasteiger partial charge in [0.2, 0.25) is 0 Å². The van der Waals surface area contributed by atoms with Gasteiger partial charge in [-0.15, -0.1) is 0 Å². The van der Waals surface area contributed by atoms with Crippen LogP contribution in [0.4, 0.5) is 5.69 Å². The molecular formula is C16H22N2O3S. The third-order valence-electron chi connectivity index (χ3n) is 3.79. The third-order valence-corrected chi connectivity index (χ3v) is 5.54. The molecule has 0 fully saturated rings. The van der Waals surface area contributed by atoms with Crippen molar-refractivity contribution in [1.29, 1.82) is 0 Å². The maximum absolute atomic E-state index is 11.8. The van der Waals surface area contributed by atoms with E-state index in [0.29, 0.717) is 4.90 Å². The number of sulfone groups is 1.